The Bertz CT molecular complexity index is 654. The van der Waals surface area contributed by atoms with Crippen molar-refractivity contribution in [3.05, 3.63) is 35.9 Å². The van der Waals surface area contributed by atoms with Gasteiger partial charge in [0.05, 0.1) is 18.1 Å². The van der Waals surface area contributed by atoms with Crippen molar-refractivity contribution in [1.29, 1.82) is 0 Å². The van der Waals surface area contributed by atoms with Gasteiger partial charge in [-0.3, -0.25) is 14.5 Å². The van der Waals surface area contributed by atoms with Gasteiger partial charge in [0.15, 0.2) is 4.87 Å². The molecule has 0 radical (unpaired) electrons. The summed E-state index contributed by atoms with van der Waals surface area (Å²) in [4.78, 5) is 34.7. The smallest absolute Gasteiger partial charge is 0.352 e. The number of aliphatic carboxylic acids is 1. The third kappa shape index (κ3) is 2.11. The van der Waals surface area contributed by atoms with Crippen molar-refractivity contribution in [2.45, 2.75) is 23.6 Å². The van der Waals surface area contributed by atoms with Crippen LogP contribution in [0.2, 0.25) is 0 Å². The van der Waals surface area contributed by atoms with Crippen molar-refractivity contribution in [2.24, 2.45) is 0 Å². The molecule has 2 aliphatic heterocycles. The molecule has 0 aliphatic carbocycles. The van der Waals surface area contributed by atoms with E-state index in [0.717, 1.165) is 0 Å². The number of hydrogen-bond acceptors (Lipinski definition) is 5. The maximum atomic E-state index is 11.6. The number of rotatable bonds is 3. The Morgan fingerprint density at radius 1 is 1.57 bits per heavy atom. The molecule has 1 unspecified atom stereocenters. The molecule has 1 aromatic rings. The minimum absolute atomic E-state index is 0.139. The third-order valence-corrected chi connectivity index (χ3v) is 4.74. The molecule has 7 nitrogen and oxygen atoms in total. The lowest BCUT2D eigenvalue weighted by Gasteiger charge is -2.48. The maximum Gasteiger partial charge on any atom is 0.352 e. The number of carbonyl (C=O) groups is 3. The van der Waals surface area contributed by atoms with Gasteiger partial charge in [-0.2, -0.15) is 0 Å². The number of nitrogens with one attached hydrogen (secondary N) is 1. The van der Waals surface area contributed by atoms with Crippen LogP contribution < -0.4 is 5.32 Å². The van der Waals surface area contributed by atoms with E-state index < -0.39 is 10.8 Å². The van der Waals surface area contributed by atoms with Gasteiger partial charge in [-0.05, 0) is 18.2 Å². The zero-order valence-corrected chi connectivity index (χ0v) is 11.8. The molecule has 3 rings (SSSR count). The minimum atomic E-state index is -1.21. The van der Waals surface area contributed by atoms with E-state index >= 15 is 0 Å². The summed E-state index contributed by atoms with van der Waals surface area (Å²) < 4.78 is 5.36. The monoisotopic (exact) mass is 308 g/mol. The highest BCUT2D eigenvalue weighted by atomic mass is 32.2. The van der Waals surface area contributed by atoms with Crippen molar-refractivity contribution in [3.63, 3.8) is 0 Å². The van der Waals surface area contributed by atoms with E-state index in [1.807, 2.05) is 0 Å². The number of carbonyl (C=O) groups excluding carboxylic acids is 2. The second-order valence-corrected chi connectivity index (χ2v) is 6.19. The van der Waals surface area contributed by atoms with Gasteiger partial charge in [-0.25, -0.2) is 4.79 Å². The van der Waals surface area contributed by atoms with Crippen LogP contribution >= 0.6 is 11.8 Å². The fourth-order valence-corrected chi connectivity index (χ4v) is 4.06. The van der Waals surface area contributed by atoms with Crippen molar-refractivity contribution in [2.75, 3.05) is 0 Å². The number of thioether (sulfide) groups is 1. The second-order valence-electron chi connectivity index (χ2n) is 4.77. The molecule has 2 aliphatic rings. The second kappa shape index (κ2) is 4.66. The molecule has 1 aromatic heterocycles. The molecular weight excluding hydrogens is 296 g/mol. The molecule has 1 fully saturated rings. The highest BCUT2D eigenvalue weighted by Gasteiger charge is 2.52. The van der Waals surface area contributed by atoms with E-state index in [1.54, 1.807) is 12.1 Å². The largest absolute Gasteiger partial charge is 0.477 e. The quantitative estimate of drug-likeness (QED) is 0.803. The van der Waals surface area contributed by atoms with Crippen LogP contribution in [0.5, 0.6) is 0 Å². The van der Waals surface area contributed by atoms with Crippen LogP contribution in [-0.4, -0.2) is 33.2 Å². The maximum absolute atomic E-state index is 11.6. The first-order valence-electron chi connectivity index (χ1n) is 6.22. The molecule has 0 spiro atoms. The summed E-state index contributed by atoms with van der Waals surface area (Å²) >= 11 is 1.28. The Morgan fingerprint density at radius 3 is 2.86 bits per heavy atom. The predicted octanol–water partition coefficient (Wildman–Crippen LogP) is 0.842. The van der Waals surface area contributed by atoms with Gasteiger partial charge >= 0.3 is 5.97 Å². The van der Waals surface area contributed by atoms with Crippen LogP contribution in [0.1, 0.15) is 19.1 Å². The zero-order chi connectivity index (χ0) is 15.2. The normalized spacial score (nSPS) is 27.5. The molecule has 21 heavy (non-hydrogen) atoms. The Balaban J connectivity index is 2.12. The van der Waals surface area contributed by atoms with Crippen molar-refractivity contribution in [3.8, 4) is 0 Å². The van der Waals surface area contributed by atoms with Crippen molar-refractivity contribution < 1.29 is 23.9 Å². The number of β-lactam (4-membered cyclic amide) rings is 1. The molecule has 2 amide bonds. The summed E-state index contributed by atoms with van der Waals surface area (Å²) in [5.74, 6) is -1.36. The summed E-state index contributed by atoms with van der Waals surface area (Å²) in [5, 5.41) is 11.7. The summed E-state index contributed by atoms with van der Waals surface area (Å²) in [6, 6.07) is 3.32. The standard InChI is InChI=1S/C13H12N2O5S/c1-7(16)14-13(9-3-2-4-20-9)6-8(12(18)19)15-10(17)5-11(15)21-13/h2-4,6,11H,5H2,1H3,(H,14,16)(H,18,19)/t11-,13?/m1/s1. The summed E-state index contributed by atoms with van der Waals surface area (Å²) in [6.45, 7) is 1.35. The van der Waals surface area contributed by atoms with E-state index in [1.165, 1.54) is 35.9 Å². The van der Waals surface area contributed by atoms with E-state index in [4.69, 9.17) is 4.42 Å². The molecule has 0 aromatic carbocycles. The first-order valence-corrected chi connectivity index (χ1v) is 7.10. The third-order valence-electron chi connectivity index (χ3n) is 3.30. The van der Waals surface area contributed by atoms with Gasteiger partial charge in [-0.15, -0.1) is 0 Å². The lowest BCUT2D eigenvalue weighted by molar-refractivity contribution is -0.146. The molecule has 2 atom stereocenters. The van der Waals surface area contributed by atoms with Gasteiger partial charge in [0.1, 0.15) is 11.5 Å². The number of amides is 2. The number of hydrogen-bond donors (Lipinski definition) is 2. The first kappa shape index (κ1) is 13.7. The van der Waals surface area contributed by atoms with Gasteiger partial charge in [-0.1, -0.05) is 11.8 Å². The van der Waals surface area contributed by atoms with Crippen LogP contribution in [0.25, 0.3) is 0 Å². The Kier molecular flexibility index (Phi) is 3.05. The van der Waals surface area contributed by atoms with Crippen LogP contribution in [-0.2, 0) is 19.3 Å². The van der Waals surface area contributed by atoms with Gasteiger partial charge in [0.25, 0.3) is 0 Å². The average Bonchev–Trinajstić information content (AvgIpc) is 2.90. The predicted molar refractivity (Wildman–Crippen MR) is 72.8 cm³/mol. The SMILES string of the molecule is CC(=O)NC1(c2ccco2)C=C(C(=O)O)N2C(=O)C[C@H]2S1. The highest BCUT2D eigenvalue weighted by molar-refractivity contribution is 8.01. The van der Waals surface area contributed by atoms with Crippen LogP contribution in [0.3, 0.4) is 0 Å². The molecule has 3 heterocycles. The van der Waals surface area contributed by atoms with Crippen LogP contribution in [0, 0.1) is 0 Å². The zero-order valence-electron chi connectivity index (χ0n) is 11.0. The lowest BCUT2D eigenvalue weighted by atomic mass is 10.1. The molecule has 8 heteroatoms. The van der Waals surface area contributed by atoms with Crippen LogP contribution in [0.15, 0.2) is 34.6 Å². The van der Waals surface area contributed by atoms with E-state index in [0.29, 0.717) is 5.76 Å². The molecule has 0 bridgehead atoms. The molecule has 1 saturated heterocycles. The number of nitrogens with zero attached hydrogens (tertiary/aromatic N) is 1. The van der Waals surface area contributed by atoms with E-state index in [9.17, 15) is 19.5 Å². The van der Waals surface area contributed by atoms with Gasteiger partial charge < -0.3 is 14.8 Å². The minimum Gasteiger partial charge on any atom is -0.477 e. The number of carboxylic acid groups (broad SMARTS) is 1. The Morgan fingerprint density at radius 2 is 2.33 bits per heavy atom. The molecule has 2 N–H and O–H groups in total. The summed E-state index contributed by atoms with van der Waals surface area (Å²) in [6.07, 6.45) is 3.04. The van der Waals surface area contributed by atoms with Gasteiger partial charge in [0.2, 0.25) is 11.8 Å². The number of fused-ring (bicyclic) bond motifs is 1. The number of carboxylic acids is 1. The molecule has 0 saturated carbocycles. The molecule has 110 valence electrons. The Labute approximate surface area is 124 Å². The first-order chi connectivity index (χ1) is 9.93. The van der Waals surface area contributed by atoms with Crippen molar-refractivity contribution >= 4 is 29.5 Å². The van der Waals surface area contributed by atoms with E-state index in [-0.39, 0.29) is 29.3 Å². The summed E-state index contributed by atoms with van der Waals surface area (Å²) in [7, 11) is 0. The topological polar surface area (TPSA) is 99.8 Å². The highest BCUT2D eigenvalue weighted by Crippen LogP contribution is 2.49. The Hall–Kier alpha value is -2.22. The fourth-order valence-electron chi connectivity index (χ4n) is 2.45. The number of furan rings is 1. The average molecular weight is 308 g/mol. The fraction of sp³-hybridized carbons (Fsp3) is 0.308. The van der Waals surface area contributed by atoms with Crippen LogP contribution in [0.4, 0.5) is 0 Å². The lowest BCUT2D eigenvalue weighted by Crippen LogP contribution is -2.58. The van der Waals surface area contributed by atoms with Crippen molar-refractivity contribution in [1.82, 2.24) is 10.2 Å². The van der Waals surface area contributed by atoms with E-state index in [2.05, 4.69) is 5.32 Å². The van der Waals surface area contributed by atoms with Gasteiger partial charge in [0, 0.05) is 6.92 Å². The molecular formula is C13H12N2O5S. The summed E-state index contributed by atoms with van der Waals surface area (Å²) in [5.41, 5.74) is -0.139.